The number of alkyl halides is 2. The molecule has 5 nitrogen and oxygen atoms in total. The molecular formula is C13H18F2N2O3. The van der Waals surface area contributed by atoms with Crippen molar-refractivity contribution in [1.82, 2.24) is 4.90 Å². The molecule has 0 atom stereocenters. The first-order valence-corrected chi connectivity index (χ1v) is 6.04. The Bertz CT molecular complexity index is 413. The van der Waals surface area contributed by atoms with E-state index in [1.54, 1.807) is 19.2 Å². The van der Waals surface area contributed by atoms with E-state index in [-0.39, 0.29) is 12.3 Å². The minimum absolute atomic E-state index is 0.0992. The summed E-state index contributed by atoms with van der Waals surface area (Å²) in [5.74, 6) is -0.333. The van der Waals surface area contributed by atoms with Crippen LogP contribution in [0.1, 0.15) is 5.56 Å². The van der Waals surface area contributed by atoms with Gasteiger partial charge in [0.05, 0.1) is 13.2 Å². The molecule has 0 aliphatic rings. The molecule has 0 aromatic heterocycles. The summed E-state index contributed by atoms with van der Waals surface area (Å²) in [4.78, 5) is 12.8. The molecule has 112 valence electrons. The highest BCUT2D eigenvalue weighted by atomic mass is 19.3. The van der Waals surface area contributed by atoms with E-state index >= 15 is 0 Å². The largest absolute Gasteiger partial charge is 0.435 e. The van der Waals surface area contributed by atoms with Crippen LogP contribution in [0.5, 0.6) is 5.75 Å². The van der Waals surface area contributed by atoms with Crippen LogP contribution in [0.4, 0.5) is 8.78 Å². The Morgan fingerprint density at radius 2 is 2.00 bits per heavy atom. The van der Waals surface area contributed by atoms with E-state index in [1.807, 2.05) is 4.90 Å². The first-order valence-electron chi connectivity index (χ1n) is 6.04. The fourth-order valence-corrected chi connectivity index (χ4v) is 1.69. The van der Waals surface area contributed by atoms with E-state index in [0.717, 1.165) is 5.56 Å². The Morgan fingerprint density at radius 1 is 1.35 bits per heavy atom. The van der Waals surface area contributed by atoms with E-state index < -0.39 is 12.5 Å². The Kier molecular flexibility index (Phi) is 6.89. The zero-order chi connectivity index (χ0) is 15.0. The highest BCUT2D eigenvalue weighted by molar-refractivity contribution is 5.75. The zero-order valence-corrected chi connectivity index (χ0v) is 11.2. The number of primary amides is 1. The van der Waals surface area contributed by atoms with Crippen molar-refractivity contribution in [3.63, 3.8) is 0 Å². The first-order chi connectivity index (χ1) is 9.51. The molecule has 1 amide bonds. The van der Waals surface area contributed by atoms with Gasteiger partial charge in [-0.25, -0.2) is 0 Å². The molecule has 0 saturated carbocycles. The molecule has 7 heteroatoms. The van der Waals surface area contributed by atoms with Crippen LogP contribution in [-0.4, -0.2) is 44.2 Å². The van der Waals surface area contributed by atoms with Gasteiger partial charge in [0.1, 0.15) is 5.75 Å². The maximum atomic E-state index is 12.0. The van der Waals surface area contributed by atoms with Crippen molar-refractivity contribution in [3.05, 3.63) is 29.8 Å². The number of carbonyl (C=O) groups excluding carboxylic acids is 1. The lowest BCUT2D eigenvalue weighted by molar-refractivity contribution is -0.119. The predicted octanol–water partition coefficient (Wildman–Crippen LogP) is 1.22. The van der Waals surface area contributed by atoms with Crippen molar-refractivity contribution in [2.45, 2.75) is 13.2 Å². The number of halogens is 2. The molecular weight excluding hydrogens is 270 g/mol. The summed E-state index contributed by atoms with van der Waals surface area (Å²) in [6.45, 7) is -1.23. The summed E-state index contributed by atoms with van der Waals surface area (Å²) < 4.78 is 33.3. The molecule has 0 aliphatic heterocycles. The molecule has 0 radical (unpaired) electrons. The molecule has 1 aromatic rings. The van der Waals surface area contributed by atoms with E-state index in [1.165, 1.54) is 12.1 Å². The van der Waals surface area contributed by atoms with Crippen LogP contribution in [0, 0.1) is 0 Å². The van der Waals surface area contributed by atoms with Gasteiger partial charge in [-0.1, -0.05) is 12.1 Å². The molecule has 20 heavy (non-hydrogen) atoms. The lowest BCUT2D eigenvalue weighted by atomic mass is 10.2. The highest BCUT2D eigenvalue weighted by Gasteiger charge is 2.10. The maximum Gasteiger partial charge on any atom is 0.387 e. The molecule has 0 saturated heterocycles. The topological polar surface area (TPSA) is 64.8 Å². The molecule has 0 spiro atoms. The van der Waals surface area contributed by atoms with Crippen LogP contribution in [0.2, 0.25) is 0 Å². The van der Waals surface area contributed by atoms with Gasteiger partial charge in [0.2, 0.25) is 5.91 Å². The third kappa shape index (κ3) is 6.44. The normalized spacial score (nSPS) is 11.1. The number of benzene rings is 1. The Hall–Kier alpha value is -1.73. The van der Waals surface area contributed by atoms with Crippen molar-refractivity contribution in [2.24, 2.45) is 5.73 Å². The van der Waals surface area contributed by atoms with E-state index in [0.29, 0.717) is 19.7 Å². The van der Waals surface area contributed by atoms with E-state index in [2.05, 4.69) is 4.74 Å². The Labute approximate surface area is 116 Å². The van der Waals surface area contributed by atoms with Gasteiger partial charge in [0.15, 0.2) is 0 Å². The summed E-state index contributed by atoms with van der Waals surface area (Å²) in [5.41, 5.74) is 6.04. The lowest BCUT2D eigenvalue weighted by Gasteiger charge is -2.20. The van der Waals surface area contributed by atoms with Crippen molar-refractivity contribution in [1.29, 1.82) is 0 Å². The van der Waals surface area contributed by atoms with Gasteiger partial charge >= 0.3 is 6.61 Å². The smallest absolute Gasteiger partial charge is 0.387 e. The molecule has 1 rings (SSSR count). The predicted molar refractivity (Wildman–Crippen MR) is 69.4 cm³/mol. The van der Waals surface area contributed by atoms with Gasteiger partial charge in [-0.2, -0.15) is 8.78 Å². The number of methoxy groups -OCH3 is 1. The molecule has 0 bridgehead atoms. The second-order valence-corrected chi connectivity index (χ2v) is 4.19. The molecule has 1 aromatic carbocycles. The number of nitrogens with two attached hydrogens (primary N) is 1. The van der Waals surface area contributed by atoms with Crippen LogP contribution < -0.4 is 10.5 Å². The zero-order valence-electron chi connectivity index (χ0n) is 11.2. The molecule has 0 aliphatic carbocycles. The summed E-state index contributed by atoms with van der Waals surface area (Å²) in [6, 6.07) is 6.25. The maximum absolute atomic E-state index is 12.0. The molecule has 2 N–H and O–H groups in total. The number of amides is 1. The number of ether oxygens (including phenoxy) is 2. The van der Waals surface area contributed by atoms with Gasteiger partial charge < -0.3 is 15.2 Å². The molecule has 0 heterocycles. The van der Waals surface area contributed by atoms with Crippen LogP contribution in [0.15, 0.2) is 24.3 Å². The van der Waals surface area contributed by atoms with Crippen molar-refractivity contribution < 1.29 is 23.0 Å². The first kappa shape index (κ1) is 16.3. The monoisotopic (exact) mass is 288 g/mol. The number of nitrogens with zero attached hydrogens (tertiary/aromatic N) is 1. The second kappa shape index (κ2) is 8.44. The standard InChI is InChI=1S/C13H18F2N2O3/c1-19-7-6-17(9-12(16)18)8-10-2-4-11(5-3-10)20-13(14)15/h2-5,13H,6-9H2,1H3,(H2,16,18). The third-order valence-electron chi connectivity index (χ3n) is 2.55. The lowest BCUT2D eigenvalue weighted by Crippen LogP contribution is -2.35. The van der Waals surface area contributed by atoms with Crippen LogP contribution in [-0.2, 0) is 16.1 Å². The van der Waals surface area contributed by atoms with E-state index in [9.17, 15) is 13.6 Å². The Morgan fingerprint density at radius 3 is 2.50 bits per heavy atom. The number of rotatable bonds is 9. The van der Waals surface area contributed by atoms with Gasteiger partial charge in [0.25, 0.3) is 0 Å². The summed E-state index contributed by atoms with van der Waals surface area (Å²) in [5, 5.41) is 0. The summed E-state index contributed by atoms with van der Waals surface area (Å²) >= 11 is 0. The molecule has 0 unspecified atom stereocenters. The van der Waals surface area contributed by atoms with Crippen LogP contribution in [0.25, 0.3) is 0 Å². The van der Waals surface area contributed by atoms with Crippen LogP contribution in [0.3, 0.4) is 0 Å². The van der Waals surface area contributed by atoms with Gasteiger partial charge in [-0.05, 0) is 17.7 Å². The van der Waals surface area contributed by atoms with Crippen molar-refractivity contribution >= 4 is 5.91 Å². The number of hydrogen-bond donors (Lipinski definition) is 1. The quantitative estimate of drug-likeness (QED) is 0.742. The SMILES string of the molecule is COCCN(CC(N)=O)Cc1ccc(OC(F)F)cc1. The Balaban J connectivity index is 2.60. The minimum atomic E-state index is -2.84. The van der Waals surface area contributed by atoms with E-state index in [4.69, 9.17) is 10.5 Å². The minimum Gasteiger partial charge on any atom is -0.435 e. The second-order valence-electron chi connectivity index (χ2n) is 4.19. The van der Waals surface area contributed by atoms with Gasteiger partial charge in [0, 0.05) is 20.2 Å². The summed E-state index contributed by atoms with van der Waals surface area (Å²) in [7, 11) is 1.57. The fraction of sp³-hybridized carbons (Fsp3) is 0.462. The van der Waals surface area contributed by atoms with Crippen molar-refractivity contribution in [3.8, 4) is 5.75 Å². The van der Waals surface area contributed by atoms with Crippen LogP contribution >= 0.6 is 0 Å². The summed E-state index contributed by atoms with van der Waals surface area (Å²) in [6.07, 6.45) is 0. The molecule has 0 fully saturated rings. The number of carbonyl (C=O) groups is 1. The number of hydrogen-bond acceptors (Lipinski definition) is 4. The van der Waals surface area contributed by atoms with Gasteiger partial charge in [-0.15, -0.1) is 0 Å². The highest BCUT2D eigenvalue weighted by Crippen LogP contribution is 2.15. The fourth-order valence-electron chi connectivity index (χ4n) is 1.69. The third-order valence-corrected chi connectivity index (χ3v) is 2.55. The average molecular weight is 288 g/mol. The van der Waals surface area contributed by atoms with Crippen molar-refractivity contribution in [2.75, 3.05) is 26.8 Å². The van der Waals surface area contributed by atoms with Gasteiger partial charge in [-0.3, -0.25) is 9.69 Å². The average Bonchev–Trinajstić information content (AvgIpc) is 2.37.